The summed E-state index contributed by atoms with van der Waals surface area (Å²) in [6.07, 6.45) is 0.579. The second-order valence-corrected chi connectivity index (χ2v) is 4.18. The summed E-state index contributed by atoms with van der Waals surface area (Å²) in [5, 5.41) is 0. The lowest BCUT2D eigenvalue weighted by Crippen LogP contribution is -2.18. The Morgan fingerprint density at radius 2 is 2.12 bits per heavy atom. The molecule has 0 aliphatic heterocycles. The summed E-state index contributed by atoms with van der Waals surface area (Å²) < 4.78 is 0. The molecule has 88 valence electrons. The van der Waals surface area contributed by atoms with Gasteiger partial charge >= 0.3 is 0 Å². The van der Waals surface area contributed by atoms with E-state index in [2.05, 4.69) is 16.0 Å². The average molecular weight is 229 g/mol. The van der Waals surface area contributed by atoms with Gasteiger partial charge in [-0.15, -0.1) is 0 Å². The van der Waals surface area contributed by atoms with Crippen molar-refractivity contribution >= 4 is 5.95 Å². The largest absolute Gasteiger partial charge is 0.369 e. The first-order chi connectivity index (χ1) is 8.06. The second kappa shape index (κ2) is 4.41. The summed E-state index contributed by atoms with van der Waals surface area (Å²) in [6, 6.07) is 8.08. The van der Waals surface area contributed by atoms with Crippen molar-refractivity contribution in [1.82, 2.24) is 9.97 Å². The molecule has 0 amide bonds. The van der Waals surface area contributed by atoms with E-state index in [1.165, 1.54) is 5.56 Å². The van der Waals surface area contributed by atoms with Gasteiger partial charge in [-0.3, -0.25) is 9.78 Å². The number of rotatable bonds is 2. The maximum atomic E-state index is 11.8. The molecule has 2 aromatic rings. The minimum Gasteiger partial charge on any atom is -0.369 e. The van der Waals surface area contributed by atoms with Crippen molar-refractivity contribution < 1.29 is 0 Å². The van der Waals surface area contributed by atoms with E-state index in [9.17, 15) is 4.79 Å². The van der Waals surface area contributed by atoms with Crippen LogP contribution in [0.4, 0.5) is 5.95 Å². The number of aryl methyl sites for hydroxylation is 2. The van der Waals surface area contributed by atoms with Gasteiger partial charge in [0.1, 0.15) is 0 Å². The van der Waals surface area contributed by atoms with E-state index >= 15 is 0 Å². The number of aromatic nitrogens is 2. The fourth-order valence-electron chi connectivity index (χ4n) is 1.87. The van der Waals surface area contributed by atoms with E-state index in [0.717, 1.165) is 5.56 Å². The van der Waals surface area contributed by atoms with Crippen molar-refractivity contribution in [2.75, 3.05) is 5.73 Å². The van der Waals surface area contributed by atoms with Gasteiger partial charge in [0, 0.05) is 12.0 Å². The van der Waals surface area contributed by atoms with Crippen LogP contribution in [0.25, 0.3) is 0 Å². The van der Waals surface area contributed by atoms with Crippen LogP contribution >= 0.6 is 0 Å². The zero-order valence-electron chi connectivity index (χ0n) is 9.95. The van der Waals surface area contributed by atoms with Gasteiger partial charge in [0.25, 0.3) is 5.56 Å². The third kappa shape index (κ3) is 2.53. The third-order valence-electron chi connectivity index (χ3n) is 2.70. The molecule has 0 aliphatic rings. The Balaban J connectivity index is 2.40. The average Bonchev–Trinajstić information content (AvgIpc) is 2.23. The van der Waals surface area contributed by atoms with E-state index in [-0.39, 0.29) is 11.5 Å². The SMILES string of the molecule is Cc1cccc(Cc2c(C)nc(N)[nH]c2=O)c1. The number of hydrogen-bond acceptors (Lipinski definition) is 3. The predicted octanol–water partition coefficient (Wildman–Crippen LogP) is 1.56. The molecule has 0 aliphatic carbocycles. The molecular weight excluding hydrogens is 214 g/mol. The van der Waals surface area contributed by atoms with Crippen LogP contribution in [0.2, 0.25) is 0 Å². The number of nitrogens with two attached hydrogens (primary N) is 1. The summed E-state index contributed by atoms with van der Waals surface area (Å²) in [5.41, 5.74) is 8.96. The Morgan fingerprint density at radius 1 is 1.35 bits per heavy atom. The van der Waals surface area contributed by atoms with Crippen LogP contribution in [0.5, 0.6) is 0 Å². The monoisotopic (exact) mass is 229 g/mol. The summed E-state index contributed by atoms with van der Waals surface area (Å²) in [4.78, 5) is 18.4. The van der Waals surface area contributed by atoms with Crippen molar-refractivity contribution in [3.05, 3.63) is 57.0 Å². The van der Waals surface area contributed by atoms with Gasteiger partial charge in [-0.2, -0.15) is 0 Å². The number of nitrogens with one attached hydrogen (secondary N) is 1. The highest BCUT2D eigenvalue weighted by atomic mass is 16.1. The lowest BCUT2D eigenvalue weighted by atomic mass is 10.0. The molecule has 1 heterocycles. The van der Waals surface area contributed by atoms with Crippen molar-refractivity contribution in [1.29, 1.82) is 0 Å². The highest BCUT2D eigenvalue weighted by Gasteiger charge is 2.07. The highest BCUT2D eigenvalue weighted by Crippen LogP contribution is 2.10. The minimum absolute atomic E-state index is 0.156. The molecule has 0 fully saturated rings. The topological polar surface area (TPSA) is 71.8 Å². The molecule has 4 nitrogen and oxygen atoms in total. The molecule has 3 N–H and O–H groups in total. The van der Waals surface area contributed by atoms with Crippen LogP contribution in [0, 0.1) is 13.8 Å². The molecule has 2 rings (SSSR count). The molecule has 0 spiro atoms. The number of hydrogen-bond donors (Lipinski definition) is 2. The zero-order valence-corrected chi connectivity index (χ0v) is 9.95. The molecular formula is C13H15N3O. The molecule has 0 radical (unpaired) electrons. The highest BCUT2D eigenvalue weighted by molar-refractivity contribution is 5.31. The second-order valence-electron chi connectivity index (χ2n) is 4.18. The van der Waals surface area contributed by atoms with Gasteiger partial charge in [0.2, 0.25) is 5.95 Å². The van der Waals surface area contributed by atoms with Gasteiger partial charge in [-0.05, 0) is 19.4 Å². The van der Waals surface area contributed by atoms with E-state index in [0.29, 0.717) is 17.7 Å². The normalized spacial score (nSPS) is 10.5. The van der Waals surface area contributed by atoms with Crippen LogP contribution in [0.15, 0.2) is 29.1 Å². The molecule has 0 atom stereocenters. The molecule has 4 heteroatoms. The fraction of sp³-hybridized carbons (Fsp3) is 0.231. The quantitative estimate of drug-likeness (QED) is 0.820. The number of H-pyrrole nitrogens is 1. The Bertz CT molecular complexity index is 602. The lowest BCUT2D eigenvalue weighted by molar-refractivity contribution is 0.990. The molecule has 0 saturated carbocycles. The van der Waals surface area contributed by atoms with Crippen LogP contribution in [0.3, 0.4) is 0 Å². The maximum absolute atomic E-state index is 11.8. The Morgan fingerprint density at radius 3 is 2.76 bits per heavy atom. The minimum atomic E-state index is -0.156. The molecule has 0 bridgehead atoms. The predicted molar refractivity (Wildman–Crippen MR) is 68.0 cm³/mol. The van der Waals surface area contributed by atoms with Crippen LogP contribution in [0.1, 0.15) is 22.4 Å². The number of nitrogens with zero attached hydrogens (tertiary/aromatic N) is 1. The Labute approximate surface area is 99.5 Å². The van der Waals surface area contributed by atoms with Gasteiger partial charge in [0.05, 0.1) is 5.69 Å². The summed E-state index contributed by atoms with van der Waals surface area (Å²) in [6.45, 7) is 3.83. The Kier molecular flexibility index (Phi) is 2.95. The number of aromatic amines is 1. The van der Waals surface area contributed by atoms with Gasteiger partial charge < -0.3 is 5.73 Å². The lowest BCUT2D eigenvalue weighted by Gasteiger charge is -2.05. The van der Waals surface area contributed by atoms with Crippen LogP contribution in [-0.2, 0) is 6.42 Å². The molecule has 17 heavy (non-hydrogen) atoms. The summed E-state index contributed by atoms with van der Waals surface area (Å²) in [5.74, 6) is 0.167. The number of benzene rings is 1. The van der Waals surface area contributed by atoms with Crippen molar-refractivity contribution in [2.45, 2.75) is 20.3 Å². The fourth-order valence-corrected chi connectivity index (χ4v) is 1.87. The van der Waals surface area contributed by atoms with E-state index in [1.807, 2.05) is 25.1 Å². The van der Waals surface area contributed by atoms with Gasteiger partial charge in [0.15, 0.2) is 0 Å². The van der Waals surface area contributed by atoms with Crippen molar-refractivity contribution in [3.8, 4) is 0 Å². The first-order valence-corrected chi connectivity index (χ1v) is 5.47. The zero-order chi connectivity index (χ0) is 12.4. The maximum Gasteiger partial charge on any atom is 0.256 e. The first-order valence-electron chi connectivity index (χ1n) is 5.47. The summed E-state index contributed by atoms with van der Waals surface area (Å²) >= 11 is 0. The van der Waals surface area contributed by atoms with Gasteiger partial charge in [-0.25, -0.2) is 4.98 Å². The van der Waals surface area contributed by atoms with Crippen molar-refractivity contribution in [3.63, 3.8) is 0 Å². The standard InChI is InChI=1S/C13H15N3O/c1-8-4-3-5-10(6-8)7-11-9(2)15-13(14)16-12(11)17/h3-6H,7H2,1-2H3,(H3,14,15,16,17). The third-order valence-corrected chi connectivity index (χ3v) is 2.70. The van der Waals surface area contributed by atoms with Crippen molar-refractivity contribution in [2.24, 2.45) is 0 Å². The van der Waals surface area contributed by atoms with E-state index in [4.69, 9.17) is 5.73 Å². The molecule has 1 aromatic carbocycles. The van der Waals surface area contributed by atoms with Gasteiger partial charge in [-0.1, -0.05) is 29.8 Å². The van der Waals surface area contributed by atoms with E-state index < -0.39 is 0 Å². The smallest absolute Gasteiger partial charge is 0.256 e. The first kappa shape index (κ1) is 11.4. The van der Waals surface area contributed by atoms with E-state index in [1.54, 1.807) is 6.92 Å². The Hall–Kier alpha value is -2.10. The molecule has 1 aromatic heterocycles. The molecule has 0 unspecified atom stereocenters. The molecule has 0 saturated heterocycles. The van der Waals surface area contributed by atoms with Crippen LogP contribution < -0.4 is 11.3 Å². The summed E-state index contributed by atoms with van der Waals surface area (Å²) in [7, 11) is 0. The number of nitrogen functional groups attached to an aromatic ring is 1. The number of anilines is 1. The van der Waals surface area contributed by atoms with Crippen LogP contribution in [-0.4, -0.2) is 9.97 Å².